The summed E-state index contributed by atoms with van der Waals surface area (Å²) in [7, 11) is 0. The Kier molecular flexibility index (Phi) is 3.52. The predicted molar refractivity (Wildman–Crippen MR) is 69.2 cm³/mol. The van der Waals surface area contributed by atoms with E-state index in [4.69, 9.17) is 0 Å². The van der Waals surface area contributed by atoms with E-state index in [0.717, 1.165) is 11.3 Å². The fraction of sp³-hybridized carbons (Fsp3) is 0.231. The van der Waals surface area contributed by atoms with E-state index in [9.17, 15) is 4.39 Å². The van der Waals surface area contributed by atoms with Crippen molar-refractivity contribution >= 4 is 15.9 Å². The number of nitrogens with zero attached hydrogens (tertiary/aromatic N) is 2. The van der Waals surface area contributed by atoms with Crippen molar-refractivity contribution in [2.24, 2.45) is 0 Å². The molecular formula is C13H12BrFN2. The average Bonchev–Trinajstić information content (AvgIpc) is 2.33. The third kappa shape index (κ3) is 2.69. The topological polar surface area (TPSA) is 25.8 Å². The Balaban J connectivity index is 2.45. The van der Waals surface area contributed by atoms with Crippen molar-refractivity contribution in [3.8, 4) is 11.4 Å². The summed E-state index contributed by atoms with van der Waals surface area (Å²) in [5.74, 6) is 0.686. The lowest BCUT2D eigenvalue weighted by molar-refractivity contribution is 0.621. The van der Waals surface area contributed by atoms with E-state index in [2.05, 4.69) is 39.7 Å². The van der Waals surface area contributed by atoms with Crippen LogP contribution in [0.15, 0.2) is 34.9 Å². The second-order valence-electron chi connectivity index (χ2n) is 4.09. The first kappa shape index (κ1) is 12.2. The number of benzene rings is 1. The van der Waals surface area contributed by atoms with Crippen molar-refractivity contribution in [3.63, 3.8) is 0 Å². The second kappa shape index (κ2) is 4.92. The Hall–Kier alpha value is -1.29. The number of halogens is 2. The molecule has 0 aliphatic heterocycles. The van der Waals surface area contributed by atoms with Crippen LogP contribution in [0.2, 0.25) is 0 Å². The zero-order valence-corrected chi connectivity index (χ0v) is 11.2. The fourth-order valence-corrected chi connectivity index (χ4v) is 1.85. The van der Waals surface area contributed by atoms with E-state index in [-0.39, 0.29) is 5.82 Å². The van der Waals surface area contributed by atoms with Crippen molar-refractivity contribution in [1.82, 2.24) is 9.97 Å². The van der Waals surface area contributed by atoms with E-state index in [1.807, 2.05) is 6.07 Å². The summed E-state index contributed by atoms with van der Waals surface area (Å²) in [5.41, 5.74) is 1.79. The van der Waals surface area contributed by atoms with Crippen molar-refractivity contribution < 1.29 is 4.39 Å². The van der Waals surface area contributed by atoms with Crippen LogP contribution in [0.4, 0.5) is 4.39 Å². The maximum absolute atomic E-state index is 13.1. The molecule has 1 aromatic heterocycles. The first-order valence-electron chi connectivity index (χ1n) is 5.36. The number of hydrogen-bond donors (Lipinski definition) is 0. The SMILES string of the molecule is CC(C)c1ccnc(-c2ccc(F)c(Br)c2)n1. The van der Waals surface area contributed by atoms with Gasteiger partial charge in [-0.2, -0.15) is 0 Å². The van der Waals surface area contributed by atoms with Gasteiger partial charge in [-0.3, -0.25) is 0 Å². The Bertz CT molecular complexity index is 541. The van der Waals surface area contributed by atoms with Gasteiger partial charge in [-0.05, 0) is 46.1 Å². The van der Waals surface area contributed by atoms with Crippen LogP contribution in [-0.4, -0.2) is 9.97 Å². The van der Waals surface area contributed by atoms with Crippen LogP contribution < -0.4 is 0 Å². The number of aromatic nitrogens is 2. The van der Waals surface area contributed by atoms with Crippen LogP contribution in [0.5, 0.6) is 0 Å². The van der Waals surface area contributed by atoms with Crippen LogP contribution in [0.1, 0.15) is 25.5 Å². The molecule has 0 saturated heterocycles. The van der Waals surface area contributed by atoms with Crippen molar-refractivity contribution in [2.45, 2.75) is 19.8 Å². The quantitative estimate of drug-likeness (QED) is 0.831. The first-order valence-corrected chi connectivity index (χ1v) is 6.15. The standard InChI is InChI=1S/C13H12BrFN2/c1-8(2)12-5-6-16-13(17-12)9-3-4-11(15)10(14)7-9/h3-8H,1-2H3. The third-order valence-corrected chi connectivity index (χ3v) is 3.05. The van der Waals surface area contributed by atoms with Crippen LogP contribution in [-0.2, 0) is 0 Å². The summed E-state index contributed by atoms with van der Waals surface area (Å²) < 4.78 is 13.6. The molecule has 1 heterocycles. The maximum atomic E-state index is 13.1. The van der Waals surface area contributed by atoms with Gasteiger partial charge in [0, 0.05) is 17.5 Å². The molecule has 0 spiro atoms. The molecule has 0 radical (unpaired) electrons. The van der Waals surface area contributed by atoms with Crippen LogP contribution in [0, 0.1) is 5.82 Å². The van der Waals surface area contributed by atoms with E-state index in [1.54, 1.807) is 18.3 Å². The zero-order valence-electron chi connectivity index (χ0n) is 9.61. The lowest BCUT2D eigenvalue weighted by atomic mass is 10.1. The monoisotopic (exact) mass is 294 g/mol. The van der Waals surface area contributed by atoms with Crippen LogP contribution >= 0.6 is 15.9 Å². The molecule has 0 saturated carbocycles. The molecule has 0 amide bonds. The average molecular weight is 295 g/mol. The van der Waals surface area contributed by atoms with Crippen molar-refractivity contribution in [2.75, 3.05) is 0 Å². The third-order valence-electron chi connectivity index (χ3n) is 2.45. The normalized spacial score (nSPS) is 10.9. The fourth-order valence-electron chi connectivity index (χ4n) is 1.47. The van der Waals surface area contributed by atoms with Gasteiger partial charge in [0.2, 0.25) is 0 Å². The van der Waals surface area contributed by atoms with E-state index in [1.165, 1.54) is 6.07 Å². The number of hydrogen-bond acceptors (Lipinski definition) is 2. The molecule has 2 nitrogen and oxygen atoms in total. The summed E-state index contributed by atoms with van der Waals surface area (Å²) in [6, 6.07) is 6.67. The minimum absolute atomic E-state index is 0.284. The van der Waals surface area contributed by atoms with Gasteiger partial charge in [0.1, 0.15) is 5.82 Å². The minimum Gasteiger partial charge on any atom is -0.237 e. The lowest BCUT2D eigenvalue weighted by Crippen LogP contribution is -1.96. The summed E-state index contributed by atoms with van der Waals surface area (Å²) in [6.07, 6.45) is 1.73. The van der Waals surface area contributed by atoms with Gasteiger partial charge in [-0.25, -0.2) is 14.4 Å². The van der Waals surface area contributed by atoms with E-state index < -0.39 is 0 Å². The van der Waals surface area contributed by atoms with Crippen LogP contribution in [0.3, 0.4) is 0 Å². The highest BCUT2D eigenvalue weighted by molar-refractivity contribution is 9.10. The molecule has 0 unspecified atom stereocenters. The Morgan fingerprint density at radius 2 is 2.00 bits per heavy atom. The Labute approximate surface area is 108 Å². The van der Waals surface area contributed by atoms with E-state index >= 15 is 0 Å². The van der Waals surface area contributed by atoms with Gasteiger partial charge >= 0.3 is 0 Å². The van der Waals surface area contributed by atoms with Gasteiger partial charge < -0.3 is 0 Å². The zero-order chi connectivity index (χ0) is 12.4. The van der Waals surface area contributed by atoms with Crippen molar-refractivity contribution in [3.05, 3.63) is 46.4 Å². The molecule has 0 atom stereocenters. The van der Waals surface area contributed by atoms with Gasteiger partial charge in [0.05, 0.1) is 4.47 Å². The van der Waals surface area contributed by atoms with Gasteiger partial charge in [-0.1, -0.05) is 13.8 Å². The largest absolute Gasteiger partial charge is 0.237 e. The molecule has 2 rings (SSSR count). The summed E-state index contributed by atoms with van der Waals surface area (Å²) in [5, 5.41) is 0. The lowest BCUT2D eigenvalue weighted by Gasteiger charge is -2.06. The number of rotatable bonds is 2. The molecular weight excluding hydrogens is 283 g/mol. The summed E-state index contributed by atoms with van der Waals surface area (Å²) in [4.78, 5) is 8.67. The molecule has 0 aliphatic carbocycles. The van der Waals surface area contributed by atoms with Crippen molar-refractivity contribution in [1.29, 1.82) is 0 Å². The molecule has 2 aromatic rings. The molecule has 1 aromatic carbocycles. The molecule has 17 heavy (non-hydrogen) atoms. The molecule has 88 valence electrons. The maximum Gasteiger partial charge on any atom is 0.159 e. The van der Waals surface area contributed by atoms with Gasteiger partial charge in [0.25, 0.3) is 0 Å². The molecule has 0 N–H and O–H groups in total. The molecule has 0 aliphatic rings. The Morgan fingerprint density at radius 1 is 1.24 bits per heavy atom. The molecule has 0 fully saturated rings. The highest BCUT2D eigenvalue weighted by Crippen LogP contribution is 2.23. The molecule has 4 heteroatoms. The minimum atomic E-state index is -0.284. The molecule has 0 bridgehead atoms. The smallest absolute Gasteiger partial charge is 0.159 e. The highest BCUT2D eigenvalue weighted by Gasteiger charge is 2.07. The highest BCUT2D eigenvalue weighted by atomic mass is 79.9. The van der Waals surface area contributed by atoms with Gasteiger partial charge in [0.15, 0.2) is 5.82 Å². The van der Waals surface area contributed by atoms with Crippen LogP contribution in [0.25, 0.3) is 11.4 Å². The first-order chi connectivity index (χ1) is 8.08. The second-order valence-corrected chi connectivity index (χ2v) is 4.94. The summed E-state index contributed by atoms with van der Waals surface area (Å²) in [6.45, 7) is 4.15. The predicted octanol–water partition coefficient (Wildman–Crippen LogP) is 4.17. The van der Waals surface area contributed by atoms with E-state index in [0.29, 0.717) is 16.2 Å². The Morgan fingerprint density at radius 3 is 2.65 bits per heavy atom. The summed E-state index contributed by atoms with van der Waals surface area (Å²) >= 11 is 3.16. The van der Waals surface area contributed by atoms with Gasteiger partial charge in [-0.15, -0.1) is 0 Å².